The predicted molar refractivity (Wildman–Crippen MR) is 152 cm³/mol. The van der Waals surface area contributed by atoms with E-state index in [2.05, 4.69) is 22.6 Å². The summed E-state index contributed by atoms with van der Waals surface area (Å²) in [6.45, 7) is 4.90. The summed E-state index contributed by atoms with van der Waals surface area (Å²) in [5, 5.41) is 7.00. The fraction of sp³-hybridized carbons (Fsp3) is 0.226. The average molecular weight is 539 g/mol. The molecule has 0 aliphatic rings. The smallest absolute Gasteiger partial charge is 0.408 e. The molecule has 0 aliphatic carbocycles. The van der Waals surface area contributed by atoms with Crippen LogP contribution in [0.15, 0.2) is 66.7 Å². The highest BCUT2D eigenvalue weighted by atomic mass is 16.6. The van der Waals surface area contributed by atoms with Crippen molar-refractivity contribution in [3.63, 3.8) is 0 Å². The standard InChI is InChI=1S/C31H30N4O5/c1-6-20-12-10-11-15-24(20)27(28(37)33-23-17-16-21-13-8-9-14-22(21)18-23)35(7-2)29(38)25(19-26(32)36)34-30(39)40-31(3,4)5/h1-2,8-18,25,27H,19H2,3-5H3,(H2,32,36)(H,33,37)(H,34,39). The van der Waals surface area contributed by atoms with Gasteiger partial charge in [0.1, 0.15) is 11.6 Å². The lowest BCUT2D eigenvalue weighted by atomic mass is 9.97. The van der Waals surface area contributed by atoms with Crippen molar-refractivity contribution in [2.45, 2.75) is 44.9 Å². The Labute approximate surface area is 233 Å². The summed E-state index contributed by atoms with van der Waals surface area (Å²) in [6.07, 6.45) is 9.91. The second-order valence-corrected chi connectivity index (χ2v) is 9.89. The third-order valence-electron chi connectivity index (χ3n) is 5.71. The lowest BCUT2D eigenvalue weighted by molar-refractivity contribution is -0.138. The number of amides is 4. The molecular weight excluding hydrogens is 508 g/mol. The highest BCUT2D eigenvalue weighted by Crippen LogP contribution is 2.28. The number of terminal acetylenes is 2. The molecule has 0 heterocycles. The fourth-order valence-electron chi connectivity index (χ4n) is 4.03. The largest absolute Gasteiger partial charge is 0.444 e. The molecule has 204 valence electrons. The molecule has 9 heteroatoms. The summed E-state index contributed by atoms with van der Waals surface area (Å²) >= 11 is 0. The van der Waals surface area contributed by atoms with Crippen molar-refractivity contribution in [3.8, 4) is 24.8 Å². The lowest BCUT2D eigenvalue weighted by Crippen LogP contribution is -2.52. The zero-order valence-corrected chi connectivity index (χ0v) is 22.4. The number of hydrogen-bond acceptors (Lipinski definition) is 5. The first-order valence-electron chi connectivity index (χ1n) is 12.4. The maximum Gasteiger partial charge on any atom is 0.408 e. The third-order valence-corrected chi connectivity index (χ3v) is 5.71. The second-order valence-electron chi connectivity index (χ2n) is 9.89. The quantitative estimate of drug-likeness (QED) is 0.297. The first kappa shape index (κ1) is 29.3. The lowest BCUT2D eigenvalue weighted by Gasteiger charge is -2.30. The van der Waals surface area contributed by atoms with Crippen LogP contribution in [0.5, 0.6) is 0 Å². The minimum absolute atomic E-state index is 0.268. The summed E-state index contributed by atoms with van der Waals surface area (Å²) < 4.78 is 5.23. The van der Waals surface area contributed by atoms with Crippen LogP contribution in [0, 0.1) is 24.8 Å². The number of carbonyl (C=O) groups excluding carboxylic acids is 4. The molecule has 3 aromatic carbocycles. The molecule has 0 fully saturated rings. The predicted octanol–water partition coefficient (Wildman–Crippen LogP) is 3.69. The van der Waals surface area contributed by atoms with Gasteiger partial charge in [-0.15, -0.1) is 6.42 Å². The number of fused-ring (bicyclic) bond motifs is 1. The number of anilines is 1. The van der Waals surface area contributed by atoms with Gasteiger partial charge in [0.2, 0.25) is 5.91 Å². The molecular formula is C31H30N4O5. The summed E-state index contributed by atoms with van der Waals surface area (Å²) in [4.78, 5) is 52.6. The van der Waals surface area contributed by atoms with Crippen molar-refractivity contribution in [2.24, 2.45) is 5.73 Å². The van der Waals surface area contributed by atoms with Gasteiger partial charge in [-0.25, -0.2) is 4.79 Å². The van der Waals surface area contributed by atoms with Crippen LogP contribution in [0.2, 0.25) is 0 Å². The zero-order chi connectivity index (χ0) is 29.4. The molecule has 0 aromatic heterocycles. The Balaban J connectivity index is 2.03. The first-order chi connectivity index (χ1) is 18.9. The third kappa shape index (κ3) is 7.40. The molecule has 3 rings (SSSR count). The van der Waals surface area contributed by atoms with E-state index in [9.17, 15) is 19.2 Å². The monoisotopic (exact) mass is 538 g/mol. The van der Waals surface area contributed by atoms with Gasteiger partial charge >= 0.3 is 6.09 Å². The number of primary amides is 1. The van der Waals surface area contributed by atoms with Gasteiger partial charge in [-0.3, -0.25) is 19.3 Å². The molecule has 40 heavy (non-hydrogen) atoms. The van der Waals surface area contributed by atoms with E-state index in [1.165, 1.54) is 0 Å². The van der Waals surface area contributed by atoms with Gasteiger partial charge in [-0.1, -0.05) is 60.9 Å². The molecule has 2 unspecified atom stereocenters. The van der Waals surface area contributed by atoms with Crippen LogP contribution < -0.4 is 16.4 Å². The second kappa shape index (κ2) is 12.5. The number of rotatable bonds is 8. The van der Waals surface area contributed by atoms with Gasteiger partial charge in [0.25, 0.3) is 11.8 Å². The molecule has 0 spiro atoms. The minimum atomic E-state index is -1.52. The Hall–Kier alpha value is -5.28. The Morgan fingerprint density at radius 2 is 1.62 bits per heavy atom. The Morgan fingerprint density at radius 3 is 2.25 bits per heavy atom. The number of nitrogens with zero attached hydrogens (tertiary/aromatic N) is 1. The van der Waals surface area contributed by atoms with E-state index in [0.29, 0.717) is 11.3 Å². The Morgan fingerprint density at radius 1 is 0.975 bits per heavy atom. The molecule has 2 atom stereocenters. The van der Waals surface area contributed by atoms with Gasteiger partial charge in [-0.2, -0.15) is 0 Å². The SMILES string of the molecule is C#Cc1ccccc1C(C(=O)Nc1ccc2ccccc2c1)N(C#C)C(=O)C(CC(N)=O)NC(=O)OC(C)(C)C. The average Bonchev–Trinajstić information content (AvgIpc) is 2.89. The first-order valence-corrected chi connectivity index (χ1v) is 12.4. The van der Waals surface area contributed by atoms with Crippen molar-refractivity contribution in [1.29, 1.82) is 0 Å². The van der Waals surface area contributed by atoms with Crippen LogP contribution >= 0.6 is 0 Å². The topological polar surface area (TPSA) is 131 Å². The summed E-state index contributed by atoms with van der Waals surface area (Å²) in [6, 6.07) is 18.7. The van der Waals surface area contributed by atoms with Crippen LogP contribution in [0.25, 0.3) is 10.8 Å². The van der Waals surface area contributed by atoms with E-state index >= 15 is 0 Å². The molecule has 3 aromatic rings. The number of benzene rings is 3. The van der Waals surface area contributed by atoms with Crippen LogP contribution in [-0.4, -0.2) is 40.4 Å². The van der Waals surface area contributed by atoms with E-state index in [4.69, 9.17) is 23.3 Å². The van der Waals surface area contributed by atoms with Crippen molar-refractivity contribution in [3.05, 3.63) is 77.9 Å². The number of nitrogens with one attached hydrogen (secondary N) is 2. The van der Waals surface area contributed by atoms with Crippen molar-refractivity contribution >= 4 is 40.3 Å². The van der Waals surface area contributed by atoms with E-state index in [1.54, 1.807) is 57.2 Å². The molecule has 9 nitrogen and oxygen atoms in total. The molecule has 0 radical (unpaired) electrons. The molecule has 0 aliphatic heterocycles. The zero-order valence-electron chi connectivity index (χ0n) is 22.4. The van der Waals surface area contributed by atoms with Crippen molar-refractivity contribution < 1.29 is 23.9 Å². The maximum atomic E-state index is 13.8. The molecule has 4 amide bonds. The van der Waals surface area contributed by atoms with Gasteiger partial charge in [0.15, 0.2) is 6.04 Å². The highest BCUT2D eigenvalue weighted by molar-refractivity contribution is 6.01. The molecule has 0 saturated heterocycles. The van der Waals surface area contributed by atoms with Gasteiger partial charge in [0.05, 0.1) is 6.42 Å². The van der Waals surface area contributed by atoms with E-state index in [-0.39, 0.29) is 5.56 Å². The van der Waals surface area contributed by atoms with Gasteiger partial charge in [-0.05, 0) is 49.7 Å². The van der Waals surface area contributed by atoms with Crippen LogP contribution in [0.4, 0.5) is 10.5 Å². The summed E-state index contributed by atoms with van der Waals surface area (Å²) in [5.74, 6) is 0.0240. The van der Waals surface area contributed by atoms with Crippen LogP contribution in [-0.2, 0) is 19.1 Å². The number of alkyl carbamates (subject to hydrolysis) is 1. The van der Waals surface area contributed by atoms with Crippen molar-refractivity contribution in [2.75, 3.05) is 5.32 Å². The number of hydrogen-bond donors (Lipinski definition) is 3. The van der Waals surface area contributed by atoms with Crippen LogP contribution in [0.1, 0.15) is 44.4 Å². The van der Waals surface area contributed by atoms with Crippen molar-refractivity contribution in [1.82, 2.24) is 10.2 Å². The maximum absolute atomic E-state index is 13.8. The Bertz CT molecular complexity index is 1530. The molecule has 0 saturated carbocycles. The minimum Gasteiger partial charge on any atom is -0.444 e. The van der Waals surface area contributed by atoms with E-state index < -0.39 is 47.9 Å². The summed E-state index contributed by atoms with van der Waals surface area (Å²) in [7, 11) is 0. The van der Waals surface area contributed by atoms with E-state index in [1.807, 2.05) is 30.3 Å². The van der Waals surface area contributed by atoms with E-state index in [0.717, 1.165) is 15.7 Å². The molecule has 0 bridgehead atoms. The van der Waals surface area contributed by atoms with Crippen LogP contribution in [0.3, 0.4) is 0 Å². The fourth-order valence-corrected chi connectivity index (χ4v) is 4.03. The summed E-state index contributed by atoms with van der Waals surface area (Å²) in [5.41, 5.74) is 5.52. The number of ether oxygens (including phenoxy) is 1. The normalized spacial score (nSPS) is 12.2. The van der Waals surface area contributed by atoms with Gasteiger partial charge < -0.3 is 21.1 Å². The highest BCUT2D eigenvalue weighted by Gasteiger charge is 2.37. The van der Waals surface area contributed by atoms with Gasteiger partial charge in [0, 0.05) is 22.9 Å². The number of carbonyl (C=O) groups is 4. The number of nitrogens with two attached hydrogens (primary N) is 1. The molecule has 4 N–H and O–H groups in total. The Kier molecular flexibility index (Phi) is 9.16.